The summed E-state index contributed by atoms with van der Waals surface area (Å²) in [5.41, 5.74) is 2.20. The molecule has 0 saturated heterocycles. The van der Waals surface area contributed by atoms with E-state index in [9.17, 15) is 4.79 Å². The lowest BCUT2D eigenvalue weighted by Crippen LogP contribution is -2.11. The zero-order chi connectivity index (χ0) is 13.2. The first-order valence-corrected chi connectivity index (χ1v) is 6.33. The first kappa shape index (κ1) is 11.7. The van der Waals surface area contributed by atoms with Crippen molar-refractivity contribution in [2.45, 2.75) is 12.8 Å². The Morgan fingerprint density at radius 3 is 2.42 bits per heavy atom. The minimum atomic E-state index is -0.255. The van der Waals surface area contributed by atoms with Crippen molar-refractivity contribution in [3.63, 3.8) is 0 Å². The number of benzene rings is 2. The van der Waals surface area contributed by atoms with Crippen LogP contribution in [-0.4, -0.2) is 0 Å². The van der Waals surface area contributed by atoms with Gasteiger partial charge in [-0.15, -0.1) is 0 Å². The molecule has 0 aliphatic carbocycles. The molecule has 0 fully saturated rings. The summed E-state index contributed by atoms with van der Waals surface area (Å²) < 4.78 is 5.38. The van der Waals surface area contributed by atoms with Crippen LogP contribution in [-0.2, 0) is 0 Å². The van der Waals surface area contributed by atoms with Crippen LogP contribution >= 0.6 is 0 Å². The molecule has 1 heterocycles. The van der Waals surface area contributed by atoms with Crippen LogP contribution in [0.2, 0.25) is 0 Å². The lowest BCUT2D eigenvalue weighted by atomic mass is 9.94. The van der Waals surface area contributed by atoms with E-state index in [0.717, 1.165) is 10.9 Å². The first-order chi connectivity index (χ1) is 9.25. The number of fused-ring (bicyclic) bond motifs is 1. The van der Waals surface area contributed by atoms with Crippen LogP contribution in [0.15, 0.2) is 69.9 Å². The molecule has 0 radical (unpaired) electrons. The van der Waals surface area contributed by atoms with Gasteiger partial charge in [0.05, 0.1) is 0 Å². The predicted molar refractivity (Wildman–Crippen MR) is 76.4 cm³/mol. The van der Waals surface area contributed by atoms with Gasteiger partial charge in [-0.25, -0.2) is 4.79 Å². The van der Waals surface area contributed by atoms with Crippen LogP contribution in [0.5, 0.6) is 0 Å². The summed E-state index contributed by atoms with van der Waals surface area (Å²) in [6.07, 6.45) is 0. The van der Waals surface area contributed by atoms with Crippen LogP contribution in [0.1, 0.15) is 24.0 Å². The topological polar surface area (TPSA) is 30.2 Å². The van der Waals surface area contributed by atoms with Crippen LogP contribution in [0.3, 0.4) is 0 Å². The van der Waals surface area contributed by atoms with Gasteiger partial charge < -0.3 is 4.42 Å². The van der Waals surface area contributed by atoms with Gasteiger partial charge in [-0.3, -0.25) is 0 Å². The Balaban J connectivity index is 2.15. The van der Waals surface area contributed by atoms with Gasteiger partial charge in [-0.2, -0.15) is 0 Å². The Morgan fingerprint density at radius 1 is 0.947 bits per heavy atom. The lowest BCUT2D eigenvalue weighted by molar-refractivity contribution is 0.546. The third kappa shape index (κ3) is 2.17. The summed E-state index contributed by atoms with van der Waals surface area (Å²) in [6, 6.07) is 19.5. The minimum Gasteiger partial charge on any atom is -0.423 e. The van der Waals surface area contributed by atoms with Gasteiger partial charge in [0.1, 0.15) is 5.58 Å². The highest BCUT2D eigenvalue weighted by Gasteiger charge is 2.14. The Labute approximate surface area is 111 Å². The monoisotopic (exact) mass is 250 g/mol. The average Bonchev–Trinajstić information content (AvgIpc) is 2.47. The number of rotatable bonds is 2. The molecule has 2 aromatic carbocycles. The molecule has 0 bridgehead atoms. The van der Waals surface area contributed by atoms with Crippen molar-refractivity contribution < 1.29 is 4.42 Å². The van der Waals surface area contributed by atoms with E-state index in [2.05, 4.69) is 0 Å². The molecule has 0 aliphatic rings. The zero-order valence-electron chi connectivity index (χ0n) is 10.7. The molecule has 0 N–H and O–H groups in total. The van der Waals surface area contributed by atoms with E-state index >= 15 is 0 Å². The first-order valence-electron chi connectivity index (χ1n) is 6.33. The SMILES string of the molecule is CC(c1ccccc1)c1cc2ccccc2oc1=O. The standard InChI is InChI=1S/C17H14O2/c1-12(13-7-3-2-4-8-13)15-11-14-9-5-6-10-16(14)19-17(15)18/h2-12H,1H3. The van der Waals surface area contributed by atoms with Gasteiger partial charge in [0.2, 0.25) is 0 Å². The van der Waals surface area contributed by atoms with Gasteiger partial charge >= 0.3 is 5.63 Å². The summed E-state index contributed by atoms with van der Waals surface area (Å²) >= 11 is 0. The van der Waals surface area contributed by atoms with Crippen LogP contribution in [0.25, 0.3) is 11.0 Å². The molecule has 1 atom stereocenters. The van der Waals surface area contributed by atoms with Crippen molar-refractivity contribution in [2.24, 2.45) is 0 Å². The fourth-order valence-electron chi connectivity index (χ4n) is 2.30. The average molecular weight is 250 g/mol. The van der Waals surface area contributed by atoms with Crippen molar-refractivity contribution in [3.05, 3.63) is 82.2 Å². The molecule has 0 spiro atoms. The van der Waals surface area contributed by atoms with E-state index in [-0.39, 0.29) is 11.5 Å². The van der Waals surface area contributed by atoms with E-state index in [1.807, 2.05) is 67.6 Å². The summed E-state index contributed by atoms with van der Waals surface area (Å²) in [5.74, 6) is 0.0297. The maximum Gasteiger partial charge on any atom is 0.340 e. The van der Waals surface area contributed by atoms with Gasteiger partial charge in [0, 0.05) is 16.9 Å². The Kier molecular flexibility index (Phi) is 2.92. The minimum absolute atomic E-state index is 0.0297. The third-order valence-electron chi connectivity index (χ3n) is 3.43. The molecule has 19 heavy (non-hydrogen) atoms. The lowest BCUT2D eigenvalue weighted by Gasteiger charge is -2.11. The second kappa shape index (κ2) is 4.73. The second-order valence-electron chi connectivity index (χ2n) is 4.66. The molecule has 2 heteroatoms. The fraction of sp³-hybridized carbons (Fsp3) is 0.118. The highest BCUT2D eigenvalue weighted by atomic mass is 16.4. The van der Waals surface area contributed by atoms with Crippen molar-refractivity contribution in [2.75, 3.05) is 0 Å². The van der Waals surface area contributed by atoms with Crippen molar-refractivity contribution >= 4 is 11.0 Å². The van der Waals surface area contributed by atoms with Crippen molar-refractivity contribution in [1.82, 2.24) is 0 Å². The molecule has 3 rings (SSSR count). The molecular weight excluding hydrogens is 236 g/mol. The molecular formula is C17H14O2. The van der Waals surface area contributed by atoms with Crippen molar-refractivity contribution in [1.29, 1.82) is 0 Å². The van der Waals surface area contributed by atoms with Crippen LogP contribution < -0.4 is 5.63 Å². The predicted octanol–water partition coefficient (Wildman–Crippen LogP) is 3.94. The summed E-state index contributed by atoms with van der Waals surface area (Å²) in [4.78, 5) is 12.1. The molecule has 1 unspecified atom stereocenters. The second-order valence-corrected chi connectivity index (χ2v) is 4.66. The number of hydrogen-bond donors (Lipinski definition) is 0. The Bertz CT molecular complexity index is 757. The summed E-state index contributed by atoms with van der Waals surface area (Å²) in [6.45, 7) is 2.02. The largest absolute Gasteiger partial charge is 0.423 e. The molecule has 0 saturated carbocycles. The quantitative estimate of drug-likeness (QED) is 0.645. The van der Waals surface area contributed by atoms with Crippen LogP contribution in [0.4, 0.5) is 0 Å². The fourth-order valence-corrected chi connectivity index (χ4v) is 2.30. The maximum atomic E-state index is 12.1. The van der Waals surface area contributed by atoms with Gasteiger partial charge in [-0.05, 0) is 17.7 Å². The highest BCUT2D eigenvalue weighted by Crippen LogP contribution is 2.24. The van der Waals surface area contributed by atoms with E-state index in [1.54, 1.807) is 0 Å². The van der Waals surface area contributed by atoms with Crippen molar-refractivity contribution in [3.8, 4) is 0 Å². The summed E-state index contributed by atoms with van der Waals surface area (Å²) in [7, 11) is 0. The molecule has 0 amide bonds. The normalized spacial score (nSPS) is 12.5. The zero-order valence-corrected chi connectivity index (χ0v) is 10.7. The maximum absolute atomic E-state index is 12.1. The number of hydrogen-bond acceptors (Lipinski definition) is 2. The van der Waals surface area contributed by atoms with Gasteiger partial charge in [0.15, 0.2) is 0 Å². The molecule has 94 valence electrons. The van der Waals surface area contributed by atoms with Crippen LogP contribution in [0, 0.1) is 0 Å². The van der Waals surface area contributed by atoms with E-state index in [4.69, 9.17) is 4.42 Å². The van der Waals surface area contributed by atoms with E-state index in [0.29, 0.717) is 11.1 Å². The smallest absolute Gasteiger partial charge is 0.340 e. The number of para-hydroxylation sites is 1. The summed E-state index contributed by atoms with van der Waals surface area (Å²) in [5, 5.41) is 0.958. The molecule has 0 aliphatic heterocycles. The molecule has 2 nitrogen and oxygen atoms in total. The van der Waals surface area contributed by atoms with Gasteiger partial charge in [0.25, 0.3) is 0 Å². The third-order valence-corrected chi connectivity index (χ3v) is 3.43. The van der Waals surface area contributed by atoms with E-state index in [1.165, 1.54) is 0 Å². The van der Waals surface area contributed by atoms with Gasteiger partial charge in [-0.1, -0.05) is 55.5 Å². The molecule has 1 aromatic heterocycles. The highest BCUT2D eigenvalue weighted by molar-refractivity contribution is 5.76. The molecule has 3 aromatic rings. The Hall–Kier alpha value is -2.35. The Morgan fingerprint density at radius 2 is 1.63 bits per heavy atom. The van der Waals surface area contributed by atoms with E-state index < -0.39 is 0 Å².